The number of hydrogen-bond donors (Lipinski definition) is 4. The monoisotopic (exact) mass is 543 g/mol. The molecule has 0 amide bonds. The molecular weight excluding hydrogens is 522 g/mol. The first kappa shape index (κ1) is 25.5. The van der Waals surface area contributed by atoms with Crippen LogP contribution in [0, 0.1) is 0 Å². The highest BCUT2D eigenvalue weighted by Crippen LogP contribution is 2.19. The maximum Gasteiger partial charge on any atom is 0.343 e. The SMILES string of the molecule is C/C=C(\C)OC(=O)c1cccc(N=c2cc(Nc3cccc(Cl)c3)nc3c(=Cc4[nH]c(=O)[nH]c4O)cnn23)c1. The van der Waals surface area contributed by atoms with Gasteiger partial charge in [-0.2, -0.15) is 9.61 Å². The van der Waals surface area contributed by atoms with Gasteiger partial charge < -0.3 is 20.1 Å². The number of H-pyrrole nitrogens is 2. The Balaban J connectivity index is 1.66. The Kier molecular flexibility index (Phi) is 6.98. The van der Waals surface area contributed by atoms with Gasteiger partial charge in [0, 0.05) is 22.0 Å². The molecule has 0 fully saturated rings. The molecule has 0 spiro atoms. The van der Waals surface area contributed by atoms with E-state index in [4.69, 9.17) is 21.3 Å². The number of aromatic nitrogens is 5. The van der Waals surface area contributed by atoms with E-state index in [2.05, 4.69) is 25.4 Å². The minimum absolute atomic E-state index is 0.172. The Morgan fingerprint density at radius 2 is 2.00 bits per heavy atom. The van der Waals surface area contributed by atoms with Crippen molar-refractivity contribution >= 4 is 46.5 Å². The second kappa shape index (κ2) is 10.7. The number of aromatic hydroxyl groups is 1. The minimum atomic E-state index is -0.551. The molecule has 5 rings (SSSR count). The highest BCUT2D eigenvalue weighted by atomic mass is 35.5. The van der Waals surface area contributed by atoms with Crippen molar-refractivity contribution in [1.82, 2.24) is 24.6 Å². The van der Waals surface area contributed by atoms with Gasteiger partial charge in [-0.1, -0.05) is 23.7 Å². The lowest BCUT2D eigenvalue weighted by atomic mass is 10.2. The molecule has 11 nitrogen and oxygen atoms in total. The van der Waals surface area contributed by atoms with Crippen LogP contribution in [0.5, 0.6) is 5.88 Å². The smallest absolute Gasteiger partial charge is 0.343 e. The van der Waals surface area contributed by atoms with E-state index in [0.717, 1.165) is 0 Å². The lowest BCUT2D eigenvalue weighted by Gasteiger charge is -2.07. The molecule has 0 aliphatic carbocycles. The van der Waals surface area contributed by atoms with Crippen molar-refractivity contribution in [2.45, 2.75) is 13.8 Å². The van der Waals surface area contributed by atoms with Gasteiger partial charge in [-0.05, 0) is 62.4 Å². The number of imidazole rings is 1. The number of anilines is 2. The predicted molar refractivity (Wildman–Crippen MR) is 146 cm³/mol. The first-order valence-corrected chi connectivity index (χ1v) is 12.1. The van der Waals surface area contributed by atoms with Crippen LogP contribution in [0.25, 0.3) is 11.7 Å². The summed E-state index contributed by atoms with van der Waals surface area (Å²) in [6, 6.07) is 15.5. The first-order valence-electron chi connectivity index (χ1n) is 11.7. The summed E-state index contributed by atoms with van der Waals surface area (Å²) < 4.78 is 6.81. The molecule has 196 valence electrons. The van der Waals surface area contributed by atoms with E-state index < -0.39 is 11.7 Å². The molecule has 3 aromatic heterocycles. The summed E-state index contributed by atoms with van der Waals surface area (Å²) >= 11 is 6.15. The molecular formula is C27H22ClN7O4. The normalized spacial score (nSPS) is 12.7. The molecule has 4 N–H and O–H groups in total. The Hall–Kier alpha value is -5.16. The maximum atomic E-state index is 12.5. The predicted octanol–water partition coefficient (Wildman–Crippen LogP) is 3.71. The lowest BCUT2D eigenvalue weighted by Crippen LogP contribution is -2.19. The van der Waals surface area contributed by atoms with E-state index in [1.165, 1.54) is 16.8 Å². The largest absolute Gasteiger partial charge is 0.493 e. The van der Waals surface area contributed by atoms with Gasteiger partial charge >= 0.3 is 11.7 Å². The number of halogens is 1. The van der Waals surface area contributed by atoms with Crippen molar-refractivity contribution in [2.24, 2.45) is 4.99 Å². The van der Waals surface area contributed by atoms with E-state index in [9.17, 15) is 14.7 Å². The van der Waals surface area contributed by atoms with Crippen LogP contribution in [-0.2, 0) is 4.74 Å². The topological polar surface area (TPSA) is 150 Å². The highest BCUT2D eigenvalue weighted by Gasteiger charge is 2.11. The Labute approximate surface area is 225 Å². The number of esters is 1. The zero-order chi connectivity index (χ0) is 27.5. The zero-order valence-electron chi connectivity index (χ0n) is 20.8. The van der Waals surface area contributed by atoms with Gasteiger partial charge in [0.05, 0.1) is 17.4 Å². The molecule has 12 heteroatoms. The average molecular weight is 544 g/mol. The van der Waals surface area contributed by atoms with Crippen LogP contribution in [0.2, 0.25) is 5.02 Å². The number of benzene rings is 2. The van der Waals surface area contributed by atoms with Crippen LogP contribution in [0.3, 0.4) is 0 Å². The molecule has 0 atom stereocenters. The Morgan fingerprint density at radius 3 is 2.74 bits per heavy atom. The van der Waals surface area contributed by atoms with E-state index in [0.29, 0.717) is 49.9 Å². The summed E-state index contributed by atoms with van der Waals surface area (Å²) in [5.41, 5.74) is 1.93. The molecule has 0 aliphatic heterocycles. The summed E-state index contributed by atoms with van der Waals surface area (Å²) in [6.45, 7) is 3.48. The fraction of sp³-hybridized carbons (Fsp3) is 0.0741. The molecule has 0 saturated heterocycles. The molecule has 5 aromatic rings. The van der Waals surface area contributed by atoms with Crippen molar-refractivity contribution in [3.8, 4) is 5.88 Å². The molecule has 2 aromatic carbocycles. The summed E-state index contributed by atoms with van der Waals surface area (Å²) in [6.07, 6.45) is 4.77. The maximum absolute atomic E-state index is 12.5. The first-order chi connectivity index (χ1) is 18.8. The number of rotatable bonds is 6. The second-order valence-electron chi connectivity index (χ2n) is 8.41. The minimum Gasteiger partial charge on any atom is -0.493 e. The molecule has 3 heterocycles. The number of allylic oxidation sites excluding steroid dienone is 2. The third-order valence-corrected chi connectivity index (χ3v) is 5.83. The molecule has 0 radical (unpaired) electrons. The van der Waals surface area contributed by atoms with E-state index in [1.54, 1.807) is 68.5 Å². The molecule has 39 heavy (non-hydrogen) atoms. The third kappa shape index (κ3) is 5.73. The molecule has 0 unspecified atom stereocenters. The van der Waals surface area contributed by atoms with Crippen LogP contribution in [0.4, 0.5) is 17.2 Å². The summed E-state index contributed by atoms with van der Waals surface area (Å²) in [5.74, 6) is 0.117. The summed E-state index contributed by atoms with van der Waals surface area (Å²) in [5, 5.41) is 18.7. The summed E-state index contributed by atoms with van der Waals surface area (Å²) in [7, 11) is 0. The quantitative estimate of drug-likeness (QED) is 0.188. The fourth-order valence-electron chi connectivity index (χ4n) is 3.67. The van der Waals surface area contributed by atoms with E-state index in [-0.39, 0.29) is 11.6 Å². The highest BCUT2D eigenvalue weighted by molar-refractivity contribution is 6.30. The van der Waals surface area contributed by atoms with Gasteiger partial charge in [0.15, 0.2) is 11.1 Å². The van der Waals surface area contributed by atoms with Crippen molar-refractivity contribution in [3.05, 3.63) is 110 Å². The second-order valence-corrected chi connectivity index (χ2v) is 8.84. The Bertz CT molecular complexity index is 1920. The van der Waals surface area contributed by atoms with Gasteiger partial charge in [-0.3, -0.25) is 4.98 Å². The summed E-state index contributed by atoms with van der Waals surface area (Å²) in [4.78, 5) is 38.3. The number of aromatic amines is 2. The fourth-order valence-corrected chi connectivity index (χ4v) is 3.86. The van der Waals surface area contributed by atoms with Crippen molar-refractivity contribution < 1.29 is 14.6 Å². The third-order valence-electron chi connectivity index (χ3n) is 5.60. The van der Waals surface area contributed by atoms with Crippen molar-refractivity contribution in [3.63, 3.8) is 0 Å². The van der Waals surface area contributed by atoms with Crippen LogP contribution in [-0.4, -0.2) is 35.6 Å². The molecule has 0 saturated carbocycles. The standard InChI is InChI=1S/C27H22ClN7O4/c1-3-15(2)39-26(37)16-6-4-8-19(10-16)31-23-13-22(30-20-9-5-7-18(28)12-20)33-24-17(14-29-35(23)24)11-21-25(36)34-27(38)32-21/h3-14,30,36H,1-2H3,(H2,32,34,38)/b15-3+,17-11?,31-23?. The zero-order valence-corrected chi connectivity index (χ0v) is 21.5. The van der Waals surface area contributed by atoms with Gasteiger partial charge in [-0.25, -0.2) is 19.6 Å². The van der Waals surface area contributed by atoms with Crippen LogP contribution in [0.1, 0.15) is 29.9 Å². The van der Waals surface area contributed by atoms with Gasteiger partial charge in [0.1, 0.15) is 17.3 Å². The number of nitrogens with one attached hydrogen (secondary N) is 3. The van der Waals surface area contributed by atoms with Gasteiger partial charge in [0.2, 0.25) is 5.88 Å². The van der Waals surface area contributed by atoms with Crippen molar-refractivity contribution in [1.29, 1.82) is 0 Å². The lowest BCUT2D eigenvalue weighted by molar-refractivity contribution is 0.0625. The van der Waals surface area contributed by atoms with E-state index >= 15 is 0 Å². The average Bonchev–Trinajstić information content (AvgIpc) is 3.45. The van der Waals surface area contributed by atoms with E-state index in [1.807, 2.05) is 6.07 Å². The number of fused-ring (bicyclic) bond motifs is 1. The van der Waals surface area contributed by atoms with Crippen LogP contribution >= 0.6 is 11.6 Å². The van der Waals surface area contributed by atoms with Gasteiger partial charge in [0.25, 0.3) is 0 Å². The number of ether oxygens (including phenoxy) is 1. The number of hydrogen-bond acceptors (Lipinski definition) is 8. The Morgan fingerprint density at radius 1 is 1.18 bits per heavy atom. The van der Waals surface area contributed by atoms with Crippen molar-refractivity contribution in [2.75, 3.05) is 5.32 Å². The van der Waals surface area contributed by atoms with Crippen LogP contribution in [0.15, 0.2) is 82.4 Å². The molecule has 0 bridgehead atoms. The number of nitrogens with zero attached hydrogens (tertiary/aromatic N) is 4. The number of carbonyl (C=O) groups excluding carboxylic acids is 1. The van der Waals surface area contributed by atoms with Gasteiger partial charge in [-0.15, -0.1) is 0 Å². The van der Waals surface area contributed by atoms with Crippen LogP contribution < -0.4 is 21.7 Å². The molecule has 0 aliphatic rings. The number of carbonyl (C=O) groups is 1.